The average molecular weight is 456 g/mol. The molecule has 2 aromatic carbocycles. The molecule has 5 atom stereocenters. The smallest absolute Gasteiger partial charge is 0.176 e. The molecule has 1 saturated heterocycles. The highest BCUT2D eigenvalue weighted by Crippen LogP contribution is 2.24. The van der Waals surface area contributed by atoms with E-state index in [1.165, 1.54) is 31.1 Å². The van der Waals surface area contributed by atoms with Crippen LogP contribution in [0.5, 0.6) is 0 Å². The van der Waals surface area contributed by atoms with Crippen molar-refractivity contribution < 1.29 is 14.2 Å². The first-order chi connectivity index (χ1) is 16.1. The molecule has 1 aliphatic heterocycles. The largest absolute Gasteiger partial charge is 0.375 e. The lowest BCUT2D eigenvalue weighted by atomic mass is 9.95. The molecular weight excluding hydrogens is 418 g/mol. The SMILES string of the molecule is CCCCCCCCO[C@H]1[C@@H](N)[C@@H](CN=[N+]=[N-])O[C@@H](OCc2ccc3ccccc3c2)[C@@H]1N. The van der Waals surface area contributed by atoms with Crippen molar-refractivity contribution in [1.82, 2.24) is 0 Å². The van der Waals surface area contributed by atoms with Gasteiger partial charge in [-0.25, -0.2) is 0 Å². The second kappa shape index (κ2) is 13.5. The molecule has 8 heteroatoms. The standard InChI is InChI=1S/C25H37N5O3/c1-2-3-4-5-6-9-14-31-24-22(26)21(16-29-30-28)33-25(23(24)27)32-17-18-12-13-19-10-7-8-11-20(19)15-18/h7-8,10-13,15,21-25H,2-6,9,14,16-17,26-27H2,1H3/t21-,22+,23-,24+,25-/m1/s1. The first-order valence-electron chi connectivity index (χ1n) is 12.0. The summed E-state index contributed by atoms with van der Waals surface area (Å²) in [6.07, 6.45) is 5.40. The summed E-state index contributed by atoms with van der Waals surface area (Å²) in [6, 6.07) is 13.4. The Kier molecular flexibility index (Phi) is 10.4. The van der Waals surface area contributed by atoms with Crippen LogP contribution in [0.2, 0.25) is 0 Å². The summed E-state index contributed by atoms with van der Waals surface area (Å²) in [5.74, 6) is 0. The molecule has 1 aliphatic rings. The number of unbranched alkanes of at least 4 members (excludes halogenated alkanes) is 5. The van der Waals surface area contributed by atoms with Gasteiger partial charge in [0.25, 0.3) is 0 Å². The Morgan fingerprint density at radius 1 is 0.970 bits per heavy atom. The second-order valence-corrected chi connectivity index (χ2v) is 8.71. The summed E-state index contributed by atoms with van der Waals surface area (Å²) in [5.41, 5.74) is 22.6. The van der Waals surface area contributed by atoms with Crippen LogP contribution in [0, 0.1) is 0 Å². The molecular formula is C25H37N5O3. The summed E-state index contributed by atoms with van der Waals surface area (Å²) < 4.78 is 18.2. The Bertz CT molecular complexity index is 904. The molecule has 1 fully saturated rings. The number of hydrogen-bond donors (Lipinski definition) is 2. The lowest BCUT2D eigenvalue weighted by Gasteiger charge is -2.43. The van der Waals surface area contributed by atoms with Crippen molar-refractivity contribution in [3.05, 3.63) is 58.5 Å². The third-order valence-electron chi connectivity index (χ3n) is 6.17. The van der Waals surface area contributed by atoms with Gasteiger partial charge in [-0.15, -0.1) is 0 Å². The molecule has 180 valence electrons. The number of nitrogens with two attached hydrogens (primary N) is 2. The van der Waals surface area contributed by atoms with Gasteiger partial charge in [-0.2, -0.15) is 0 Å². The van der Waals surface area contributed by atoms with Crippen LogP contribution in [0.25, 0.3) is 21.2 Å². The number of rotatable bonds is 13. The van der Waals surface area contributed by atoms with Gasteiger partial charge in [0.1, 0.15) is 0 Å². The van der Waals surface area contributed by atoms with Gasteiger partial charge in [0.15, 0.2) is 6.29 Å². The third-order valence-corrected chi connectivity index (χ3v) is 6.17. The molecule has 0 bridgehead atoms. The predicted octanol–water partition coefficient (Wildman–Crippen LogP) is 4.79. The molecule has 33 heavy (non-hydrogen) atoms. The third kappa shape index (κ3) is 7.40. The number of azide groups is 1. The Hall–Kier alpha value is -2.19. The van der Waals surface area contributed by atoms with Gasteiger partial charge < -0.3 is 25.7 Å². The fourth-order valence-corrected chi connectivity index (χ4v) is 4.24. The van der Waals surface area contributed by atoms with Crippen LogP contribution in [0.3, 0.4) is 0 Å². The topological polar surface area (TPSA) is 128 Å². The monoisotopic (exact) mass is 455 g/mol. The van der Waals surface area contributed by atoms with E-state index in [2.05, 4.69) is 41.2 Å². The van der Waals surface area contributed by atoms with Crippen LogP contribution in [0.15, 0.2) is 47.6 Å². The zero-order chi connectivity index (χ0) is 23.5. The van der Waals surface area contributed by atoms with E-state index in [4.69, 9.17) is 31.2 Å². The van der Waals surface area contributed by atoms with Crippen molar-refractivity contribution in [2.45, 2.75) is 82.6 Å². The quantitative estimate of drug-likeness (QED) is 0.194. The Morgan fingerprint density at radius 2 is 1.73 bits per heavy atom. The van der Waals surface area contributed by atoms with Gasteiger partial charge >= 0.3 is 0 Å². The molecule has 0 amide bonds. The first-order valence-corrected chi connectivity index (χ1v) is 12.0. The molecule has 4 N–H and O–H groups in total. The highest BCUT2D eigenvalue weighted by Gasteiger charge is 2.43. The lowest BCUT2D eigenvalue weighted by Crippen LogP contribution is -2.66. The Labute approximate surface area is 196 Å². The molecule has 0 unspecified atom stereocenters. The van der Waals surface area contributed by atoms with Crippen molar-refractivity contribution in [2.75, 3.05) is 13.2 Å². The van der Waals surface area contributed by atoms with Gasteiger partial charge in [0, 0.05) is 11.5 Å². The maximum absolute atomic E-state index is 8.74. The minimum absolute atomic E-state index is 0.108. The second-order valence-electron chi connectivity index (χ2n) is 8.71. The fourth-order valence-electron chi connectivity index (χ4n) is 4.24. The van der Waals surface area contributed by atoms with Crippen molar-refractivity contribution in [2.24, 2.45) is 16.6 Å². The summed E-state index contributed by atoms with van der Waals surface area (Å²) >= 11 is 0. The Morgan fingerprint density at radius 3 is 2.52 bits per heavy atom. The predicted molar refractivity (Wildman–Crippen MR) is 130 cm³/mol. The van der Waals surface area contributed by atoms with Crippen LogP contribution in [0.1, 0.15) is 51.0 Å². The summed E-state index contributed by atoms with van der Waals surface area (Å²) in [6.45, 7) is 3.25. The van der Waals surface area contributed by atoms with Crippen molar-refractivity contribution in [1.29, 1.82) is 0 Å². The number of ether oxygens (including phenoxy) is 3. The van der Waals surface area contributed by atoms with E-state index in [0.29, 0.717) is 13.2 Å². The first kappa shape index (κ1) is 25.4. The van der Waals surface area contributed by atoms with E-state index in [9.17, 15) is 0 Å². The molecule has 1 heterocycles. The summed E-state index contributed by atoms with van der Waals surface area (Å²) in [4.78, 5) is 2.84. The van der Waals surface area contributed by atoms with Crippen LogP contribution in [-0.2, 0) is 20.8 Å². The van der Waals surface area contributed by atoms with E-state index in [0.717, 1.165) is 23.8 Å². The van der Waals surface area contributed by atoms with E-state index in [1.54, 1.807) is 0 Å². The van der Waals surface area contributed by atoms with Gasteiger partial charge in [-0.3, -0.25) is 0 Å². The van der Waals surface area contributed by atoms with Gasteiger partial charge in [-0.05, 0) is 34.4 Å². The summed E-state index contributed by atoms with van der Waals surface area (Å²) in [7, 11) is 0. The average Bonchev–Trinajstić information content (AvgIpc) is 2.84. The maximum Gasteiger partial charge on any atom is 0.176 e. The van der Waals surface area contributed by atoms with Crippen molar-refractivity contribution in [3.8, 4) is 0 Å². The van der Waals surface area contributed by atoms with Crippen molar-refractivity contribution in [3.63, 3.8) is 0 Å². The fraction of sp³-hybridized carbons (Fsp3) is 0.600. The number of benzene rings is 2. The number of nitrogens with zero attached hydrogens (tertiary/aromatic N) is 3. The molecule has 0 aromatic heterocycles. The molecule has 0 aliphatic carbocycles. The van der Waals surface area contributed by atoms with E-state index < -0.39 is 30.6 Å². The molecule has 3 rings (SSSR count). The Balaban J connectivity index is 1.59. The lowest BCUT2D eigenvalue weighted by molar-refractivity contribution is -0.240. The maximum atomic E-state index is 8.74. The highest BCUT2D eigenvalue weighted by molar-refractivity contribution is 5.82. The zero-order valence-corrected chi connectivity index (χ0v) is 19.5. The molecule has 2 aromatic rings. The van der Waals surface area contributed by atoms with Crippen LogP contribution >= 0.6 is 0 Å². The van der Waals surface area contributed by atoms with Gasteiger partial charge in [-0.1, -0.05) is 80.5 Å². The van der Waals surface area contributed by atoms with E-state index in [-0.39, 0.29) is 6.54 Å². The molecule has 0 saturated carbocycles. The zero-order valence-electron chi connectivity index (χ0n) is 19.5. The molecule has 8 nitrogen and oxygen atoms in total. The highest BCUT2D eigenvalue weighted by atomic mass is 16.7. The molecule has 0 spiro atoms. The summed E-state index contributed by atoms with van der Waals surface area (Å²) in [5, 5.41) is 5.98. The van der Waals surface area contributed by atoms with Gasteiger partial charge in [0.2, 0.25) is 0 Å². The normalized spacial score (nSPS) is 25.1. The van der Waals surface area contributed by atoms with E-state index in [1.807, 2.05) is 18.2 Å². The number of hydrogen-bond acceptors (Lipinski definition) is 6. The van der Waals surface area contributed by atoms with E-state index >= 15 is 0 Å². The van der Waals surface area contributed by atoms with Crippen molar-refractivity contribution >= 4 is 10.8 Å². The van der Waals surface area contributed by atoms with Crippen LogP contribution < -0.4 is 11.5 Å². The van der Waals surface area contributed by atoms with Crippen LogP contribution in [-0.4, -0.2) is 43.7 Å². The van der Waals surface area contributed by atoms with Gasteiger partial charge in [0.05, 0.1) is 37.4 Å². The number of fused-ring (bicyclic) bond motifs is 1. The minimum atomic E-state index is -0.704. The molecule has 0 radical (unpaired) electrons. The van der Waals surface area contributed by atoms with Crippen LogP contribution in [0.4, 0.5) is 0 Å². The minimum Gasteiger partial charge on any atom is -0.375 e.